The lowest BCUT2D eigenvalue weighted by Gasteiger charge is -2.01. The standard InChI is InChI=1S/C6H13O4P/c1-3-6(2)4-5-10-11(7,8)9/h4H,3,5H2,1-2H3,(H2,7,8,9). The molecule has 5 heteroatoms. The van der Waals surface area contributed by atoms with Gasteiger partial charge in [0.1, 0.15) is 0 Å². The van der Waals surface area contributed by atoms with E-state index in [-0.39, 0.29) is 6.61 Å². The molecule has 0 saturated carbocycles. The molecule has 0 spiro atoms. The van der Waals surface area contributed by atoms with Gasteiger partial charge in [0.05, 0.1) is 6.61 Å². The zero-order valence-corrected chi connectivity index (χ0v) is 7.54. The molecule has 2 N–H and O–H groups in total. The maximum Gasteiger partial charge on any atom is 0.469 e. The lowest BCUT2D eigenvalue weighted by Crippen LogP contribution is -1.88. The molecule has 11 heavy (non-hydrogen) atoms. The molecular weight excluding hydrogens is 167 g/mol. The first-order chi connectivity index (χ1) is 4.95. The third-order valence-electron chi connectivity index (χ3n) is 1.23. The summed E-state index contributed by atoms with van der Waals surface area (Å²) in [5.41, 5.74) is 1.05. The van der Waals surface area contributed by atoms with Crippen LogP contribution in [0, 0.1) is 0 Å². The lowest BCUT2D eigenvalue weighted by atomic mass is 10.2. The number of hydrogen-bond acceptors (Lipinski definition) is 2. The smallest absolute Gasteiger partial charge is 0.303 e. The van der Waals surface area contributed by atoms with E-state index >= 15 is 0 Å². The van der Waals surface area contributed by atoms with Crippen molar-refractivity contribution < 1.29 is 18.9 Å². The summed E-state index contributed by atoms with van der Waals surface area (Å²) in [6.45, 7) is 3.82. The van der Waals surface area contributed by atoms with Gasteiger partial charge in [-0.25, -0.2) is 4.57 Å². The van der Waals surface area contributed by atoms with Gasteiger partial charge in [-0.3, -0.25) is 4.52 Å². The molecule has 4 nitrogen and oxygen atoms in total. The van der Waals surface area contributed by atoms with Crippen molar-refractivity contribution in [3.63, 3.8) is 0 Å². The van der Waals surface area contributed by atoms with Crippen molar-refractivity contribution in [2.75, 3.05) is 6.61 Å². The summed E-state index contributed by atoms with van der Waals surface area (Å²) in [6, 6.07) is 0. The fraction of sp³-hybridized carbons (Fsp3) is 0.667. The van der Waals surface area contributed by atoms with Crippen LogP contribution in [-0.2, 0) is 9.09 Å². The summed E-state index contributed by atoms with van der Waals surface area (Å²) in [5.74, 6) is 0. The van der Waals surface area contributed by atoms with Gasteiger partial charge in [-0.2, -0.15) is 0 Å². The van der Waals surface area contributed by atoms with Crippen LogP contribution in [0.1, 0.15) is 20.3 Å². The van der Waals surface area contributed by atoms with E-state index in [1.807, 2.05) is 13.8 Å². The van der Waals surface area contributed by atoms with Crippen LogP contribution < -0.4 is 0 Å². The second-order valence-corrected chi connectivity index (χ2v) is 3.43. The van der Waals surface area contributed by atoms with Crippen LogP contribution in [0.4, 0.5) is 0 Å². The quantitative estimate of drug-likeness (QED) is 0.507. The molecule has 0 aromatic carbocycles. The van der Waals surface area contributed by atoms with E-state index in [1.54, 1.807) is 6.08 Å². The maximum absolute atomic E-state index is 10.1. The number of phosphoric acid groups is 1. The van der Waals surface area contributed by atoms with Crippen LogP contribution in [0.3, 0.4) is 0 Å². The van der Waals surface area contributed by atoms with Crippen LogP contribution in [0.5, 0.6) is 0 Å². The summed E-state index contributed by atoms with van der Waals surface area (Å²) in [5, 5.41) is 0. The van der Waals surface area contributed by atoms with Crippen molar-refractivity contribution in [3.8, 4) is 0 Å². The predicted molar refractivity (Wildman–Crippen MR) is 42.0 cm³/mol. The molecule has 0 rings (SSSR count). The molecule has 66 valence electrons. The highest BCUT2D eigenvalue weighted by Gasteiger charge is 2.11. The summed E-state index contributed by atoms with van der Waals surface area (Å²) in [6.07, 6.45) is 2.52. The van der Waals surface area contributed by atoms with E-state index < -0.39 is 7.82 Å². The fourth-order valence-corrected chi connectivity index (χ4v) is 0.690. The minimum atomic E-state index is -4.28. The van der Waals surface area contributed by atoms with Crippen molar-refractivity contribution in [2.45, 2.75) is 20.3 Å². The lowest BCUT2D eigenvalue weighted by molar-refractivity contribution is 0.215. The van der Waals surface area contributed by atoms with Gasteiger partial charge in [-0.05, 0) is 13.3 Å². The van der Waals surface area contributed by atoms with Crippen molar-refractivity contribution in [1.29, 1.82) is 0 Å². The Bertz CT molecular complexity index is 181. The van der Waals surface area contributed by atoms with Gasteiger partial charge in [0.25, 0.3) is 0 Å². The molecule has 0 aliphatic rings. The predicted octanol–water partition coefficient (Wildman–Crippen LogP) is 1.45. The highest BCUT2D eigenvalue weighted by molar-refractivity contribution is 7.46. The second kappa shape index (κ2) is 4.67. The van der Waals surface area contributed by atoms with Gasteiger partial charge in [-0.1, -0.05) is 18.6 Å². The molecule has 0 radical (unpaired) electrons. The molecule has 0 aliphatic heterocycles. The van der Waals surface area contributed by atoms with Crippen molar-refractivity contribution in [3.05, 3.63) is 11.6 Å². The minimum absolute atomic E-state index is 0.0239. The number of allylic oxidation sites excluding steroid dienone is 1. The van der Waals surface area contributed by atoms with E-state index in [2.05, 4.69) is 4.52 Å². The van der Waals surface area contributed by atoms with Crippen molar-refractivity contribution >= 4 is 7.82 Å². The first kappa shape index (κ1) is 10.8. The van der Waals surface area contributed by atoms with E-state index in [1.165, 1.54) is 0 Å². The molecule has 0 saturated heterocycles. The molecule has 0 amide bonds. The molecule has 0 atom stereocenters. The highest BCUT2D eigenvalue weighted by Crippen LogP contribution is 2.35. The summed E-state index contributed by atoms with van der Waals surface area (Å²) in [7, 11) is -4.28. The topological polar surface area (TPSA) is 66.8 Å². The number of hydrogen-bond donors (Lipinski definition) is 2. The van der Waals surface area contributed by atoms with Crippen molar-refractivity contribution in [2.24, 2.45) is 0 Å². The van der Waals surface area contributed by atoms with Crippen LogP contribution in [0.15, 0.2) is 11.6 Å². The Morgan fingerprint density at radius 3 is 2.55 bits per heavy atom. The largest absolute Gasteiger partial charge is 0.469 e. The molecule has 0 aliphatic carbocycles. The van der Waals surface area contributed by atoms with Crippen LogP contribution in [0.25, 0.3) is 0 Å². The highest BCUT2D eigenvalue weighted by atomic mass is 31.2. The van der Waals surface area contributed by atoms with Gasteiger partial charge < -0.3 is 9.79 Å². The van der Waals surface area contributed by atoms with Crippen LogP contribution in [-0.4, -0.2) is 16.4 Å². The zero-order valence-electron chi connectivity index (χ0n) is 6.65. The van der Waals surface area contributed by atoms with E-state index in [0.717, 1.165) is 12.0 Å². The Kier molecular flexibility index (Phi) is 4.61. The minimum Gasteiger partial charge on any atom is -0.303 e. The molecular formula is C6H13O4P. The Labute approximate surface area is 66.1 Å². The summed E-state index contributed by atoms with van der Waals surface area (Å²) < 4.78 is 14.3. The van der Waals surface area contributed by atoms with E-state index in [9.17, 15) is 4.57 Å². The van der Waals surface area contributed by atoms with Gasteiger partial charge in [0.2, 0.25) is 0 Å². The average molecular weight is 180 g/mol. The van der Waals surface area contributed by atoms with Crippen molar-refractivity contribution in [1.82, 2.24) is 0 Å². The summed E-state index contributed by atoms with van der Waals surface area (Å²) in [4.78, 5) is 16.5. The Morgan fingerprint density at radius 2 is 2.18 bits per heavy atom. The van der Waals surface area contributed by atoms with Gasteiger partial charge in [0, 0.05) is 0 Å². The number of phosphoric ester groups is 1. The Hall–Kier alpha value is -0.150. The number of rotatable bonds is 4. The van der Waals surface area contributed by atoms with Gasteiger partial charge in [0.15, 0.2) is 0 Å². The summed E-state index contributed by atoms with van der Waals surface area (Å²) >= 11 is 0. The second-order valence-electron chi connectivity index (χ2n) is 2.19. The molecule has 0 unspecified atom stereocenters. The zero-order chi connectivity index (χ0) is 8.91. The first-order valence-corrected chi connectivity index (χ1v) is 4.84. The molecule has 0 fully saturated rings. The van der Waals surface area contributed by atoms with Gasteiger partial charge >= 0.3 is 7.82 Å². The van der Waals surface area contributed by atoms with Crippen LogP contribution in [0.2, 0.25) is 0 Å². The molecule has 0 aromatic heterocycles. The molecule has 0 aromatic rings. The Morgan fingerprint density at radius 1 is 1.64 bits per heavy atom. The third kappa shape index (κ3) is 7.75. The average Bonchev–Trinajstić information content (AvgIpc) is 1.85. The molecule has 0 heterocycles. The van der Waals surface area contributed by atoms with Gasteiger partial charge in [-0.15, -0.1) is 0 Å². The Balaban J connectivity index is 3.66. The normalized spacial score (nSPS) is 13.6. The molecule has 0 bridgehead atoms. The first-order valence-electron chi connectivity index (χ1n) is 3.31. The van der Waals surface area contributed by atoms with E-state index in [0.29, 0.717) is 0 Å². The maximum atomic E-state index is 10.1. The SMILES string of the molecule is CCC(C)=CCOP(=O)(O)O. The van der Waals surface area contributed by atoms with E-state index in [4.69, 9.17) is 9.79 Å². The van der Waals surface area contributed by atoms with Crippen LogP contribution >= 0.6 is 7.82 Å². The fourth-order valence-electron chi connectivity index (χ4n) is 0.421. The third-order valence-corrected chi connectivity index (χ3v) is 1.72. The monoisotopic (exact) mass is 180 g/mol.